The zero-order valence-corrected chi connectivity index (χ0v) is 17.2. The van der Waals surface area contributed by atoms with Crippen molar-refractivity contribution in [2.75, 3.05) is 26.2 Å². The predicted octanol–water partition coefficient (Wildman–Crippen LogP) is 4.77. The van der Waals surface area contributed by atoms with Gasteiger partial charge in [0, 0.05) is 25.0 Å². The molecule has 2 aliphatic rings. The summed E-state index contributed by atoms with van der Waals surface area (Å²) in [7, 11) is 0. The number of likely N-dealkylation sites (tertiary alicyclic amines) is 2. The molecule has 0 saturated carbocycles. The third kappa shape index (κ3) is 3.80. The van der Waals surface area contributed by atoms with E-state index in [0.29, 0.717) is 23.4 Å². The van der Waals surface area contributed by atoms with E-state index in [2.05, 4.69) is 65.6 Å². The van der Waals surface area contributed by atoms with E-state index < -0.39 is 0 Å². The first kappa shape index (κ1) is 19.1. The molecule has 2 aliphatic heterocycles. The summed E-state index contributed by atoms with van der Waals surface area (Å²) in [4.78, 5) is 17.6. The molecular formula is C26H28N2O2. The van der Waals surface area contributed by atoms with Crippen molar-refractivity contribution in [2.24, 2.45) is 0 Å². The van der Waals surface area contributed by atoms with Gasteiger partial charge >= 0.3 is 0 Å². The summed E-state index contributed by atoms with van der Waals surface area (Å²) >= 11 is 0. The van der Waals surface area contributed by atoms with Gasteiger partial charge in [0.05, 0.1) is 11.8 Å². The van der Waals surface area contributed by atoms with Crippen molar-refractivity contribution in [1.29, 1.82) is 0 Å². The second-order valence-electron chi connectivity index (χ2n) is 8.53. The van der Waals surface area contributed by atoms with E-state index in [1.807, 2.05) is 4.90 Å². The Kier molecular flexibility index (Phi) is 5.41. The number of piperidine rings is 1. The predicted molar refractivity (Wildman–Crippen MR) is 118 cm³/mol. The van der Waals surface area contributed by atoms with Crippen molar-refractivity contribution in [1.82, 2.24) is 9.80 Å². The average molecular weight is 401 g/mol. The van der Waals surface area contributed by atoms with Crippen LogP contribution in [0.5, 0.6) is 0 Å². The number of carbonyl (C=O) groups is 1. The molecule has 5 rings (SSSR count). The molecular weight excluding hydrogens is 372 g/mol. The Balaban J connectivity index is 1.33. The lowest BCUT2D eigenvalue weighted by molar-refractivity contribution is 0.0768. The maximum Gasteiger partial charge on any atom is 0.257 e. The van der Waals surface area contributed by atoms with Gasteiger partial charge in [-0.15, -0.1) is 0 Å². The lowest BCUT2D eigenvalue weighted by Crippen LogP contribution is -2.45. The van der Waals surface area contributed by atoms with E-state index in [-0.39, 0.29) is 5.91 Å². The smallest absolute Gasteiger partial charge is 0.257 e. The molecule has 0 radical (unpaired) electrons. The largest absolute Gasteiger partial charge is 0.472 e. The highest BCUT2D eigenvalue weighted by Crippen LogP contribution is 2.36. The number of nitrogens with zero attached hydrogens (tertiary/aromatic N) is 2. The topological polar surface area (TPSA) is 36.7 Å². The van der Waals surface area contributed by atoms with Crippen LogP contribution in [0.2, 0.25) is 0 Å². The van der Waals surface area contributed by atoms with Crippen molar-refractivity contribution in [3.8, 4) is 0 Å². The number of furan rings is 1. The van der Waals surface area contributed by atoms with Gasteiger partial charge in [-0.1, -0.05) is 60.7 Å². The molecule has 2 aromatic carbocycles. The van der Waals surface area contributed by atoms with Gasteiger partial charge in [0.1, 0.15) is 6.26 Å². The van der Waals surface area contributed by atoms with Crippen LogP contribution in [0.4, 0.5) is 0 Å². The highest BCUT2D eigenvalue weighted by Gasteiger charge is 2.40. The third-order valence-corrected chi connectivity index (χ3v) is 6.84. The molecule has 154 valence electrons. The normalized spacial score (nSPS) is 23.0. The van der Waals surface area contributed by atoms with E-state index in [1.165, 1.54) is 24.0 Å². The van der Waals surface area contributed by atoms with Crippen molar-refractivity contribution < 1.29 is 9.21 Å². The Morgan fingerprint density at radius 2 is 1.50 bits per heavy atom. The second kappa shape index (κ2) is 8.49. The molecule has 0 aliphatic carbocycles. The monoisotopic (exact) mass is 400 g/mol. The lowest BCUT2D eigenvalue weighted by Gasteiger charge is -2.38. The fourth-order valence-corrected chi connectivity index (χ4v) is 5.21. The lowest BCUT2D eigenvalue weighted by atomic mass is 9.87. The maximum absolute atomic E-state index is 13.0. The summed E-state index contributed by atoms with van der Waals surface area (Å²) in [5.41, 5.74) is 3.43. The summed E-state index contributed by atoms with van der Waals surface area (Å²) in [5.74, 6) is 1.06. The SMILES string of the molecule is O=C(c1ccoc1)N1C[C@@H](N2CCC(c3ccccc3)CC2)[C@H](c2ccccc2)C1. The van der Waals surface area contributed by atoms with Crippen LogP contribution in [0, 0.1) is 0 Å². The van der Waals surface area contributed by atoms with Crippen LogP contribution < -0.4 is 0 Å². The first-order valence-corrected chi connectivity index (χ1v) is 10.9. The number of hydrogen-bond acceptors (Lipinski definition) is 3. The Morgan fingerprint density at radius 1 is 0.833 bits per heavy atom. The molecule has 30 heavy (non-hydrogen) atoms. The number of amides is 1. The Morgan fingerprint density at radius 3 is 2.13 bits per heavy atom. The molecule has 0 N–H and O–H groups in total. The van der Waals surface area contributed by atoms with Gasteiger partial charge < -0.3 is 9.32 Å². The molecule has 0 bridgehead atoms. The van der Waals surface area contributed by atoms with Gasteiger partial charge in [-0.3, -0.25) is 9.69 Å². The summed E-state index contributed by atoms with van der Waals surface area (Å²) in [5, 5.41) is 0. The van der Waals surface area contributed by atoms with E-state index in [4.69, 9.17) is 4.42 Å². The molecule has 2 atom stereocenters. The molecule has 3 aromatic rings. The summed E-state index contributed by atoms with van der Waals surface area (Å²) in [6.07, 6.45) is 5.48. The van der Waals surface area contributed by atoms with Gasteiger partial charge in [0.15, 0.2) is 0 Å². The van der Waals surface area contributed by atoms with Crippen LogP contribution in [0.1, 0.15) is 46.2 Å². The summed E-state index contributed by atoms with van der Waals surface area (Å²) < 4.78 is 5.15. The van der Waals surface area contributed by atoms with Crippen LogP contribution in [0.25, 0.3) is 0 Å². The first-order valence-electron chi connectivity index (χ1n) is 10.9. The van der Waals surface area contributed by atoms with Crippen LogP contribution in [0.15, 0.2) is 83.7 Å². The number of carbonyl (C=O) groups excluding carboxylic acids is 1. The van der Waals surface area contributed by atoms with Crippen LogP contribution in [0.3, 0.4) is 0 Å². The van der Waals surface area contributed by atoms with Crippen molar-refractivity contribution in [2.45, 2.75) is 30.7 Å². The van der Waals surface area contributed by atoms with E-state index in [1.54, 1.807) is 18.6 Å². The minimum Gasteiger partial charge on any atom is -0.472 e. The van der Waals surface area contributed by atoms with Gasteiger partial charge in [0.25, 0.3) is 5.91 Å². The van der Waals surface area contributed by atoms with Crippen molar-refractivity contribution in [3.63, 3.8) is 0 Å². The molecule has 4 nitrogen and oxygen atoms in total. The molecule has 0 unspecified atom stereocenters. The number of hydrogen-bond donors (Lipinski definition) is 0. The quantitative estimate of drug-likeness (QED) is 0.633. The minimum absolute atomic E-state index is 0.0753. The maximum atomic E-state index is 13.0. The molecule has 1 amide bonds. The van der Waals surface area contributed by atoms with Gasteiger partial charge in [-0.25, -0.2) is 0 Å². The number of rotatable bonds is 4. The standard InChI is InChI=1S/C26H28N2O2/c29-26(23-13-16-30-19-23)28-17-24(22-9-5-2-6-10-22)25(18-28)27-14-11-21(12-15-27)20-7-3-1-4-8-20/h1-10,13,16,19,21,24-25H,11-12,14-15,17-18H2/t24-,25+/m0/s1. The fourth-order valence-electron chi connectivity index (χ4n) is 5.21. The highest BCUT2D eigenvalue weighted by molar-refractivity contribution is 5.94. The summed E-state index contributed by atoms with van der Waals surface area (Å²) in [6.45, 7) is 3.71. The van der Waals surface area contributed by atoms with Crippen LogP contribution in [-0.2, 0) is 0 Å². The van der Waals surface area contributed by atoms with Gasteiger partial charge in [-0.2, -0.15) is 0 Å². The zero-order chi connectivity index (χ0) is 20.3. The van der Waals surface area contributed by atoms with Gasteiger partial charge in [-0.05, 0) is 49.0 Å². The molecule has 1 aromatic heterocycles. The first-order chi connectivity index (χ1) is 14.8. The van der Waals surface area contributed by atoms with E-state index in [0.717, 1.165) is 26.2 Å². The Labute approximate surface area is 178 Å². The fraction of sp³-hybridized carbons (Fsp3) is 0.346. The zero-order valence-electron chi connectivity index (χ0n) is 17.2. The highest BCUT2D eigenvalue weighted by atomic mass is 16.3. The van der Waals surface area contributed by atoms with Crippen molar-refractivity contribution in [3.05, 3.63) is 95.9 Å². The molecule has 0 spiro atoms. The van der Waals surface area contributed by atoms with Crippen LogP contribution >= 0.6 is 0 Å². The van der Waals surface area contributed by atoms with Gasteiger partial charge in [0.2, 0.25) is 0 Å². The molecule has 2 saturated heterocycles. The summed E-state index contributed by atoms with van der Waals surface area (Å²) in [6, 6.07) is 23.7. The van der Waals surface area contributed by atoms with Crippen LogP contribution in [-0.4, -0.2) is 47.9 Å². The van der Waals surface area contributed by atoms with E-state index in [9.17, 15) is 4.79 Å². The Bertz CT molecular complexity index is 947. The average Bonchev–Trinajstić information content (AvgIpc) is 3.51. The molecule has 3 heterocycles. The third-order valence-electron chi connectivity index (χ3n) is 6.84. The second-order valence-corrected chi connectivity index (χ2v) is 8.53. The van der Waals surface area contributed by atoms with Crippen molar-refractivity contribution >= 4 is 5.91 Å². The Hall–Kier alpha value is -2.85. The number of benzene rings is 2. The van der Waals surface area contributed by atoms with E-state index >= 15 is 0 Å². The molecule has 4 heteroatoms. The minimum atomic E-state index is 0.0753. The molecule has 2 fully saturated rings.